The molecule has 1 aromatic heterocycles. The highest BCUT2D eigenvalue weighted by Gasteiger charge is 2.34. The molecule has 4 rings (SSSR count). The van der Waals surface area contributed by atoms with Crippen molar-refractivity contribution in [2.45, 2.75) is 32.7 Å². The Bertz CT molecular complexity index is 946. The van der Waals surface area contributed by atoms with E-state index in [1.807, 2.05) is 35.2 Å². The van der Waals surface area contributed by atoms with E-state index in [0.717, 1.165) is 33.6 Å². The Kier molecular flexibility index (Phi) is 4.57. The molecule has 26 heavy (non-hydrogen) atoms. The van der Waals surface area contributed by atoms with Gasteiger partial charge in [0.05, 0.1) is 11.0 Å². The zero-order valence-electron chi connectivity index (χ0n) is 15.0. The van der Waals surface area contributed by atoms with Gasteiger partial charge in [-0.25, -0.2) is 4.98 Å². The quantitative estimate of drug-likeness (QED) is 0.607. The maximum absolute atomic E-state index is 12.7. The Morgan fingerprint density at radius 2 is 1.88 bits per heavy atom. The molecule has 1 atom stereocenters. The van der Waals surface area contributed by atoms with E-state index in [-0.39, 0.29) is 11.8 Å². The van der Waals surface area contributed by atoms with Gasteiger partial charge in [-0.05, 0) is 42.3 Å². The van der Waals surface area contributed by atoms with Crippen LogP contribution in [0.25, 0.3) is 11.0 Å². The fourth-order valence-electron chi connectivity index (χ4n) is 3.71. The Labute approximate surface area is 162 Å². The monoisotopic (exact) mass is 411 g/mol. The summed E-state index contributed by atoms with van der Waals surface area (Å²) in [5, 5.41) is 0. The molecule has 0 aliphatic carbocycles. The van der Waals surface area contributed by atoms with E-state index >= 15 is 0 Å². The highest BCUT2D eigenvalue weighted by molar-refractivity contribution is 9.10. The minimum absolute atomic E-state index is 0.122. The average molecular weight is 412 g/mol. The predicted octanol–water partition coefficient (Wildman–Crippen LogP) is 4.98. The van der Waals surface area contributed by atoms with Crippen molar-refractivity contribution in [1.82, 2.24) is 9.55 Å². The van der Waals surface area contributed by atoms with Gasteiger partial charge in [0.1, 0.15) is 5.82 Å². The van der Waals surface area contributed by atoms with Gasteiger partial charge in [0.15, 0.2) is 0 Å². The van der Waals surface area contributed by atoms with Gasteiger partial charge in [-0.1, -0.05) is 41.9 Å². The van der Waals surface area contributed by atoms with Crippen molar-refractivity contribution in [2.24, 2.45) is 5.92 Å². The van der Waals surface area contributed by atoms with Crippen LogP contribution in [0.4, 0.5) is 5.69 Å². The molecule has 0 bridgehead atoms. The zero-order chi connectivity index (χ0) is 18.3. The van der Waals surface area contributed by atoms with Crippen LogP contribution in [0.2, 0.25) is 0 Å². The van der Waals surface area contributed by atoms with Crippen LogP contribution in [0.15, 0.2) is 53.0 Å². The summed E-state index contributed by atoms with van der Waals surface area (Å²) in [5.74, 6) is 1.84. The van der Waals surface area contributed by atoms with E-state index < -0.39 is 0 Å². The molecule has 1 aliphatic heterocycles. The largest absolute Gasteiger partial charge is 0.327 e. The molecule has 3 aromatic rings. The number of halogens is 1. The minimum atomic E-state index is 0.122. The van der Waals surface area contributed by atoms with Crippen LogP contribution in [-0.4, -0.2) is 22.0 Å². The van der Waals surface area contributed by atoms with Gasteiger partial charge >= 0.3 is 0 Å². The Balaban J connectivity index is 1.69. The zero-order valence-corrected chi connectivity index (χ0v) is 16.6. The SMILES string of the molecule is CC(C)Cn1c([C@H]2CC(=O)N(c3ccc(Br)cc3)C2)nc2ccccc21. The molecule has 0 radical (unpaired) electrons. The van der Waals surface area contributed by atoms with Gasteiger partial charge in [0, 0.05) is 35.6 Å². The summed E-state index contributed by atoms with van der Waals surface area (Å²) in [6.45, 7) is 6.03. The number of amides is 1. The van der Waals surface area contributed by atoms with Crippen molar-refractivity contribution in [3.63, 3.8) is 0 Å². The molecule has 0 unspecified atom stereocenters. The third-order valence-electron chi connectivity index (χ3n) is 4.86. The van der Waals surface area contributed by atoms with Crippen molar-refractivity contribution in [1.29, 1.82) is 0 Å². The first-order valence-corrected chi connectivity index (χ1v) is 9.83. The number of benzene rings is 2. The third-order valence-corrected chi connectivity index (χ3v) is 5.39. The lowest BCUT2D eigenvalue weighted by atomic mass is 10.1. The lowest BCUT2D eigenvalue weighted by molar-refractivity contribution is -0.117. The molecule has 1 amide bonds. The van der Waals surface area contributed by atoms with Crippen LogP contribution in [0, 0.1) is 5.92 Å². The van der Waals surface area contributed by atoms with E-state index in [2.05, 4.69) is 52.5 Å². The van der Waals surface area contributed by atoms with Crippen molar-refractivity contribution >= 4 is 38.6 Å². The topological polar surface area (TPSA) is 38.1 Å². The van der Waals surface area contributed by atoms with Gasteiger partial charge in [-0.15, -0.1) is 0 Å². The molecular formula is C21H22BrN3O. The normalized spacial score (nSPS) is 17.6. The van der Waals surface area contributed by atoms with Crippen LogP contribution in [0.3, 0.4) is 0 Å². The number of para-hydroxylation sites is 2. The Morgan fingerprint density at radius 1 is 1.15 bits per heavy atom. The number of anilines is 1. The standard InChI is InChI=1S/C21H22BrN3O/c1-14(2)12-25-19-6-4-3-5-18(19)23-21(25)15-11-20(26)24(13-15)17-9-7-16(22)8-10-17/h3-10,14-15H,11-13H2,1-2H3/t15-/m0/s1. The summed E-state index contributed by atoms with van der Waals surface area (Å²) >= 11 is 3.45. The number of rotatable bonds is 4. The van der Waals surface area contributed by atoms with Gasteiger partial charge in [0.2, 0.25) is 5.91 Å². The highest BCUT2D eigenvalue weighted by atomic mass is 79.9. The molecule has 134 valence electrons. The van der Waals surface area contributed by atoms with Gasteiger partial charge in [-0.2, -0.15) is 0 Å². The number of fused-ring (bicyclic) bond motifs is 1. The summed E-state index contributed by atoms with van der Waals surface area (Å²) in [4.78, 5) is 19.5. The first kappa shape index (κ1) is 17.3. The van der Waals surface area contributed by atoms with E-state index in [1.165, 1.54) is 0 Å². The fraction of sp³-hybridized carbons (Fsp3) is 0.333. The molecule has 1 saturated heterocycles. The van der Waals surface area contributed by atoms with E-state index in [9.17, 15) is 4.79 Å². The molecular weight excluding hydrogens is 390 g/mol. The molecule has 1 fully saturated rings. The van der Waals surface area contributed by atoms with Crippen LogP contribution in [0.5, 0.6) is 0 Å². The van der Waals surface area contributed by atoms with E-state index in [4.69, 9.17) is 4.98 Å². The number of aromatic nitrogens is 2. The molecule has 2 heterocycles. The van der Waals surface area contributed by atoms with E-state index in [1.54, 1.807) is 0 Å². The molecule has 2 aromatic carbocycles. The van der Waals surface area contributed by atoms with Crippen LogP contribution in [0.1, 0.15) is 32.0 Å². The van der Waals surface area contributed by atoms with Crippen molar-refractivity contribution in [3.05, 3.63) is 58.8 Å². The number of carbonyl (C=O) groups excluding carboxylic acids is 1. The summed E-state index contributed by atoms with van der Waals surface area (Å²) < 4.78 is 3.33. The van der Waals surface area contributed by atoms with Crippen LogP contribution >= 0.6 is 15.9 Å². The van der Waals surface area contributed by atoms with Crippen molar-refractivity contribution in [3.8, 4) is 0 Å². The maximum atomic E-state index is 12.7. The minimum Gasteiger partial charge on any atom is -0.327 e. The van der Waals surface area contributed by atoms with Gasteiger partial charge < -0.3 is 9.47 Å². The lowest BCUT2D eigenvalue weighted by Gasteiger charge is -2.18. The number of hydrogen-bond donors (Lipinski definition) is 0. The molecule has 4 nitrogen and oxygen atoms in total. The number of imidazole rings is 1. The van der Waals surface area contributed by atoms with Crippen molar-refractivity contribution in [2.75, 3.05) is 11.4 Å². The molecule has 0 spiro atoms. The Morgan fingerprint density at radius 3 is 2.62 bits per heavy atom. The van der Waals surface area contributed by atoms with Crippen LogP contribution in [-0.2, 0) is 11.3 Å². The number of carbonyl (C=O) groups is 1. The molecule has 1 aliphatic rings. The second-order valence-electron chi connectivity index (χ2n) is 7.34. The van der Waals surface area contributed by atoms with Gasteiger partial charge in [0.25, 0.3) is 0 Å². The third kappa shape index (κ3) is 3.16. The fourth-order valence-corrected chi connectivity index (χ4v) is 3.98. The highest BCUT2D eigenvalue weighted by Crippen LogP contribution is 2.34. The predicted molar refractivity (Wildman–Crippen MR) is 108 cm³/mol. The van der Waals surface area contributed by atoms with E-state index in [0.29, 0.717) is 18.9 Å². The van der Waals surface area contributed by atoms with Crippen LogP contribution < -0.4 is 4.90 Å². The lowest BCUT2D eigenvalue weighted by Crippen LogP contribution is -2.24. The number of nitrogens with zero attached hydrogens (tertiary/aromatic N) is 3. The summed E-state index contributed by atoms with van der Waals surface area (Å²) in [5.41, 5.74) is 3.12. The smallest absolute Gasteiger partial charge is 0.227 e. The maximum Gasteiger partial charge on any atom is 0.227 e. The first-order chi connectivity index (χ1) is 12.5. The molecule has 0 saturated carbocycles. The summed E-state index contributed by atoms with van der Waals surface area (Å²) in [6, 6.07) is 16.2. The van der Waals surface area contributed by atoms with Gasteiger partial charge in [-0.3, -0.25) is 4.79 Å². The summed E-state index contributed by atoms with van der Waals surface area (Å²) in [7, 11) is 0. The molecule has 0 N–H and O–H groups in total. The second kappa shape index (κ2) is 6.88. The number of hydrogen-bond acceptors (Lipinski definition) is 2. The first-order valence-electron chi connectivity index (χ1n) is 9.04. The summed E-state index contributed by atoms with van der Waals surface area (Å²) in [6.07, 6.45) is 0.511. The molecule has 5 heteroatoms. The second-order valence-corrected chi connectivity index (χ2v) is 8.26. The van der Waals surface area contributed by atoms with Crippen molar-refractivity contribution < 1.29 is 4.79 Å². The Hall–Kier alpha value is -2.14. The average Bonchev–Trinajstić information content (AvgIpc) is 3.16.